The monoisotopic (exact) mass is 230 g/mol. The quantitative estimate of drug-likeness (QED) is 0.836. The molecular formula is C12H16ClFO. The standard InChI is InChI=1S/C12H16ClFO/c1-3-4-12(15)8(2)10-6-5-9(14)7-11(10)13/h5-8,12,15H,3-4H2,1-2H3. The van der Waals surface area contributed by atoms with Gasteiger partial charge < -0.3 is 5.11 Å². The molecule has 0 aliphatic heterocycles. The third-order valence-electron chi connectivity index (χ3n) is 2.61. The molecule has 0 radical (unpaired) electrons. The predicted molar refractivity (Wildman–Crippen MR) is 60.7 cm³/mol. The lowest BCUT2D eigenvalue weighted by molar-refractivity contribution is 0.139. The van der Waals surface area contributed by atoms with Gasteiger partial charge >= 0.3 is 0 Å². The van der Waals surface area contributed by atoms with Gasteiger partial charge in [-0.25, -0.2) is 4.39 Å². The highest BCUT2D eigenvalue weighted by molar-refractivity contribution is 6.31. The van der Waals surface area contributed by atoms with E-state index in [1.807, 2.05) is 13.8 Å². The maximum absolute atomic E-state index is 12.8. The summed E-state index contributed by atoms with van der Waals surface area (Å²) in [5, 5.41) is 10.2. The lowest BCUT2D eigenvalue weighted by Gasteiger charge is -2.19. The van der Waals surface area contributed by atoms with E-state index in [4.69, 9.17) is 11.6 Å². The van der Waals surface area contributed by atoms with Crippen molar-refractivity contribution in [3.8, 4) is 0 Å². The first-order valence-corrected chi connectivity index (χ1v) is 5.57. The number of benzene rings is 1. The molecule has 0 heterocycles. The maximum atomic E-state index is 12.8. The topological polar surface area (TPSA) is 20.2 Å². The first-order chi connectivity index (χ1) is 7.06. The summed E-state index contributed by atoms with van der Waals surface area (Å²) in [4.78, 5) is 0. The number of halogens is 2. The van der Waals surface area contributed by atoms with Gasteiger partial charge in [0, 0.05) is 10.9 Å². The van der Waals surface area contributed by atoms with Crippen LogP contribution in [0.5, 0.6) is 0 Å². The van der Waals surface area contributed by atoms with Gasteiger partial charge in [-0.3, -0.25) is 0 Å². The number of aliphatic hydroxyl groups excluding tert-OH is 1. The van der Waals surface area contributed by atoms with Crippen molar-refractivity contribution in [3.63, 3.8) is 0 Å². The molecule has 1 aromatic carbocycles. The highest BCUT2D eigenvalue weighted by atomic mass is 35.5. The highest BCUT2D eigenvalue weighted by Crippen LogP contribution is 2.28. The molecule has 0 aromatic heterocycles. The molecule has 1 rings (SSSR count). The van der Waals surface area contributed by atoms with Crippen LogP contribution in [0.25, 0.3) is 0 Å². The van der Waals surface area contributed by atoms with Crippen molar-refractivity contribution in [2.75, 3.05) is 0 Å². The Morgan fingerprint density at radius 1 is 1.47 bits per heavy atom. The second-order valence-corrected chi connectivity index (χ2v) is 4.22. The van der Waals surface area contributed by atoms with Crippen molar-refractivity contribution >= 4 is 11.6 Å². The van der Waals surface area contributed by atoms with E-state index in [1.54, 1.807) is 6.07 Å². The van der Waals surface area contributed by atoms with E-state index in [-0.39, 0.29) is 11.7 Å². The molecule has 0 spiro atoms. The second-order valence-electron chi connectivity index (χ2n) is 3.81. The minimum atomic E-state index is -0.419. The zero-order chi connectivity index (χ0) is 11.4. The van der Waals surface area contributed by atoms with Crippen LogP contribution >= 0.6 is 11.6 Å². The van der Waals surface area contributed by atoms with Gasteiger partial charge in [-0.1, -0.05) is 37.9 Å². The van der Waals surface area contributed by atoms with Crippen molar-refractivity contribution in [1.82, 2.24) is 0 Å². The first-order valence-electron chi connectivity index (χ1n) is 5.19. The molecule has 0 amide bonds. The van der Waals surface area contributed by atoms with Gasteiger partial charge in [0.2, 0.25) is 0 Å². The summed E-state index contributed by atoms with van der Waals surface area (Å²) in [6.07, 6.45) is 1.23. The fraction of sp³-hybridized carbons (Fsp3) is 0.500. The summed E-state index contributed by atoms with van der Waals surface area (Å²) in [6.45, 7) is 3.92. The van der Waals surface area contributed by atoms with Gasteiger partial charge in [-0.2, -0.15) is 0 Å². The lowest BCUT2D eigenvalue weighted by Crippen LogP contribution is -2.15. The van der Waals surface area contributed by atoms with Crippen LogP contribution in [-0.4, -0.2) is 11.2 Å². The smallest absolute Gasteiger partial charge is 0.124 e. The molecule has 84 valence electrons. The Labute approximate surface area is 94.9 Å². The van der Waals surface area contributed by atoms with Crippen molar-refractivity contribution in [2.45, 2.75) is 38.7 Å². The Hall–Kier alpha value is -0.600. The summed E-state index contributed by atoms with van der Waals surface area (Å²) in [7, 11) is 0. The molecule has 1 N–H and O–H groups in total. The molecule has 1 nitrogen and oxygen atoms in total. The molecule has 2 atom stereocenters. The molecule has 0 bridgehead atoms. The molecule has 1 aromatic rings. The second kappa shape index (κ2) is 5.47. The van der Waals surface area contributed by atoms with Crippen molar-refractivity contribution in [2.24, 2.45) is 0 Å². The van der Waals surface area contributed by atoms with Gasteiger partial charge in [0.1, 0.15) is 5.82 Å². The number of hydrogen-bond donors (Lipinski definition) is 1. The van der Waals surface area contributed by atoms with E-state index in [0.29, 0.717) is 5.02 Å². The SMILES string of the molecule is CCCC(O)C(C)c1ccc(F)cc1Cl. The fourth-order valence-corrected chi connectivity index (χ4v) is 1.96. The Kier molecular flexibility index (Phi) is 4.55. The minimum Gasteiger partial charge on any atom is -0.393 e. The van der Waals surface area contributed by atoms with Crippen LogP contribution in [0, 0.1) is 5.82 Å². The van der Waals surface area contributed by atoms with Crippen LogP contribution in [0.15, 0.2) is 18.2 Å². The average molecular weight is 231 g/mol. The van der Waals surface area contributed by atoms with Gasteiger partial charge in [-0.05, 0) is 24.1 Å². The molecule has 0 aliphatic carbocycles. The van der Waals surface area contributed by atoms with Gasteiger partial charge in [0.05, 0.1) is 6.10 Å². The van der Waals surface area contributed by atoms with Gasteiger partial charge in [-0.15, -0.1) is 0 Å². The van der Waals surface area contributed by atoms with E-state index >= 15 is 0 Å². The molecule has 3 heteroatoms. The van der Waals surface area contributed by atoms with Crippen LogP contribution < -0.4 is 0 Å². The number of aliphatic hydroxyl groups is 1. The van der Waals surface area contributed by atoms with Crippen LogP contribution in [0.2, 0.25) is 5.02 Å². The van der Waals surface area contributed by atoms with Crippen molar-refractivity contribution < 1.29 is 9.50 Å². The molecule has 2 unspecified atom stereocenters. The van der Waals surface area contributed by atoms with Crippen LogP contribution in [0.1, 0.15) is 38.2 Å². The van der Waals surface area contributed by atoms with Crippen molar-refractivity contribution in [1.29, 1.82) is 0 Å². The van der Waals surface area contributed by atoms with E-state index < -0.39 is 6.10 Å². The van der Waals surface area contributed by atoms with E-state index in [0.717, 1.165) is 18.4 Å². The number of hydrogen-bond acceptors (Lipinski definition) is 1. The average Bonchev–Trinajstić information content (AvgIpc) is 2.17. The summed E-state index contributed by atoms with van der Waals surface area (Å²) in [5.74, 6) is -0.404. The summed E-state index contributed by atoms with van der Waals surface area (Å²) in [6, 6.07) is 4.30. The van der Waals surface area contributed by atoms with Gasteiger partial charge in [0.25, 0.3) is 0 Å². The Morgan fingerprint density at radius 3 is 2.67 bits per heavy atom. The van der Waals surface area contributed by atoms with Crippen LogP contribution in [0.3, 0.4) is 0 Å². The summed E-state index contributed by atoms with van der Waals surface area (Å²) < 4.78 is 12.8. The van der Waals surface area contributed by atoms with Crippen LogP contribution in [-0.2, 0) is 0 Å². The largest absolute Gasteiger partial charge is 0.393 e. The zero-order valence-corrected chi connectivity index (χ0v) is 9.76. The van der Waals surface area contributed by atoms with E-state index in [9.17, 15) is 9.50 Å². The van der Waals surface area contributed by atoms with E-state index in [1.165, 1.54) is 12.1 Å². The van der Waals surface area contributed by atoms with Crippen molar-refractivity contribution in [3.05, 3.63) is 34.6 Å². The molecule has 0 fully saturated rings. The molecule has 0 saturated carbocycles. The number of rotatable bonds is 4. The molecule has 0 saturated heterocycles. The molecular weight excluding hydrogens is 215 g/mol. The Bertz CT molecular complexity index is 327. The Balaban J connectivity index is 2.86. The molecule has 0 aliphatic rings. The predicted octanol–water partition coefficient (Wildman–Crippen LogP) is 3.74. The fourth-order valence-electron chi connectivity index (χ4n) is 1.62. The summed E-state index contributed by atoms with van der Waals surface area (Å²) >= 11 is 5.92. The minimum absolute atomic E-state index is 0.0574. The lowest BCUT2D eigenvalue weighted by atomic mass is 9.93. The highest BCUT2D eigenvalue weighted by Gasteiger charge is 2.18. The normalized spacial score (nSPS) is 15.0. The summed E-state index contributed by atoms with van der Waals surface area (Å²) in [5.41, 5.74) is 0.805. The third-order valence-corrected chi connectivity index (χ3v) is 2.94. The van der Waals surface area contributed by atoms with E-state index in [2.05, 4.69) is 0 Å². The Morgan fingerprint density at radius 2 is 2.13 bits per heavy atom. The zero-order valence-electron chi connectivity index (χ0n) is 9.00. The maximum Gasteiger partial charge on any atom is 0.124 e. The molecule has 15 heavy (non-hydrogen) atoms. The van der Waals surface area contributed by atoms with Crippen LogP contribution in [0.4, 0.5) is 4.39 Å². The first kappa shape index (κ1) is 12.5. The third kappa shape index (κ3) is 3.18. The van der Waals surface area contributed by atoms with Gasteiger partial charge in [0.15, 0.2) is 0 Å².